The summed E-state index contributed by atoms with van der Waals surface area (Å²) in [5.41, 5.74) is 1.42. The second-order valence-electron chi connectivity index (χ2n) is 5.46. The lowest BCUT2D eigenvalue weighted by Crippen LogP contribution is -2.28. The van der Waals surface area contributed by atoms with E-state index >= 15 is 0 Å². The van der Waals surface area contributed by atoms with Crippen molar-refractivity contribution in [2.45, 2.75) is 11.8 Å². The topological polar surface area (TPSA) is 67.9 Å². The largest absolute Gasteiger partial charge is 0.494 e. The van der Waals surface area contributed by atoms with Gasteiger partial charge in [0.15, 0.2) is 0 Å². The molecule has 0 fully saturated rings. The van der Waals surface area contributed by atoms with Crippen LogP contribution in [0.4, 0.5) is 11.4 Å². The molecule has 0 saturated carbocycles. The maximum atomic E-state index is 12.5. The van der Waals surface area contributed by atoms with Crippen LogP contribution in [-0.2, 0) is 10.0 Å². The average Bonchev–Trinajstić information content (AvgIpc) is 2.55. The Hall–Kier alpha value is -2.41. The van der Waals surface area contributed by atoms with Crippen molar-refractivity contribution in [3.63, 3.8) is 0 Å². The van der Waals surface area contributed by atoms with Gasteiger partial charge < -0.3 is 14.4 Å². The molecule has 24 heavy (non-hydrogen) atoms. The third kappa shape index (κ3) is 3.41. The minimum absolute atomic E-state index is 0.182. The number of anilines is 2. The first-order valence-electron chi connectivity index (χ1n) is 7.73. The number of hydrogen-bond acceptors (Lipinski definition) is 5. The number of fused-ring (bicyclic) bond motifs is 1. The quantitative estimate of drug-likeness (QED) is 0.900. The molecule has 0 aliphatic carbocycles. The fourth-order valence-corrected chi connectivity index (χ4v) is 3.57. The molecule has 128 valence electrons. The summed E-state index contributed by atoms with van der Waals surface area (Å²) in [4.78, 5) is 2.26. The Labute approximate surface area is 142 Å². The predicted octanol–water partition coefficient (Wildman–Crippen LogP) is 2.71. The van der Waals surface area contributed by atoms with Crippen molar-refractivity contribution in [3.8, 4) is 11.5 Å². The molecule has 0 atom stereocenters. The van der Waals surface area contributed by atoms with Crippen LogP contribution in [0.5, 0.6) is 11.5 Å². The van der Waals surface area contributed by atoms with Gasteiger partial charge in [-0.05, 0) is 43.3 Å². The van der Waals surface area contributed by atoms with Gasteiger partial charge in [-0.3, -0.25) is 4.72 Å². The van der Waals surface area contributed by atoms with Crippen molar-refractivity contribution in [1.29, 1.82) is 0 Å². The maximum Gasteiger partial charge on any atom is 0.261 e. The molecular formula is C17H20N2O4S. The van der Waals surface area contributed by atoms with E-state index in [4.69, 9.17) is 9.47 Å². The molecule has 0 unspecified atom stereocenters. The summed E-state index contributed by atoms with van der Waals surface area (Å²) in [7, 11) is -1.68. The highest BCUT2D eigenvalue weighted by molar-refractivity contribution is 7.92. The first kappa shape index (κ1) is 16.4. The van der Waals surface area contributed by atoms with E-state index in [0.717, 1.165) is 12.2 Å². The third-order valence-corrected chi connectivity index (χ3v) is 5.15. The Morgan fingerprint density at radius 2 is 1.96 bits per heavy atom. The van der Waals surface area contributed by atoms with Gasteiger partial charge in [0.25, 0.3) is 10.0 Å². The normalized spacial score (nSPS) is 13.8. The molecule has 0 amide bonds. The van der Waals surface area contributed by atoms with Crippen molar-refractivity contribution < 1.29 is 17.9 Å². The molecule has 2 aromatic rings. The van der Waals surface area contributed by atoms with Crippen LogP contribution in [0, 0.1) is 0 Å². The zero-order valence-corrected chi connectivity index (χ0v) is 14.5. The summed E-state index contributed by atoms with van der Waals surface area (Å²) >= 11 is 0. The molecule has 0 spiro atoms. The van der Waals surface area contributed by atoms with Crippen LogP contribution < -0.4 is 19.1 Å². The van der Waals surface area contributed by atoms with E-state index in [2.05, 4.69) is 9.62 Å². The van der Waals surface area contributed by atoms with Gasteiger partial charge in [0, 0.05) is 13.1 Å². The first-order valence-corrected chi connectivity index (χ1v) is 9.21. The van der Waals surface area contributed by atoms with Gasteiger partial charge in [0.05, 0.1) is 29.4 Å². The van der Waals surface area contributed by atoms with Crippen molar-refractivity contribution >= 4 is 21.4 Å². The summed E-state index contributed by atoms with van der Waals surface area (Å²) in [6.45, 7) is 3.80. The molecule has 0 bridgehead atoms. The van der Waals surface area contributed by atoms with Crippen molar-refractivity contribution in [2.24, 2.45) is 0 Å². The Bertz CT molecular complexity index is 819. The molecule has 7 heteroatoms. The van der Waals surface area contributed by atoms with E-state index in [1.807, 2.05) is 20.0 Å². The Morgan fingerprint density at radius 1 is 1.21 bits per heavy atom. The van der Waals surface area contributed by atoms with Gasteiger partial charge in [-0.15, -0.1) is 0 Å². The lowest BCUT2D eigenvalue weighted by atomic mass is 10.2. The number of sulfonamides is 1. The lowest BCUT2D eigenvalue weighted by Gasteiger charge is -2.28. The molecular weight excluding hydrogens is 328 g/mol. The fourth-order valence-electron chi connectivity index (χ4n) is 2.52. The second kappa shape index (κ2) is 6.60. The van der Waals surface area contributed by atoms with Gasteiger partial charge >= 0.3 is 0 Å². The molecule has 1 N–H and O–H groups in total. The third-order valence-electron chi connectivity index (χ3n) is 3.75. The molecule has 0 radical (unpaired) electrons. The Kier molecular flexibility index (Phi) is 4.53. The van der Waals surface area contributed by atoms with Crippen molar-refractivity contribution in [1.82, 2.24) is 0 Å². The van der Waals surface area contributed by atoms with Gasteiger partial charge in [-0.2, -0.15) is 0 Å². The number of rotatable bonds is 5. The van der Waals surface area contributed by atoms with Crippen molar-refractivity contribution in [2.75, 3.05) is 36.4 Å². The molecule has 2 aromatic carbocycles. The summed E-state index contributed by atoms with van der Waals surface area (Å²) in [6.07, 6.45) is 0. The molecule has 1 aliphatic heterocycles. The Balaban J connectivity index is 1.81. The molecule has 6 nitrogen and oxygen atoms in total. The fraction of sp³-hybridized carbons (Fsp3) is 0.294. The van der Waals surface area contributed by atoms with Crippen LogP contribution in [0.1, 0.15) is 6.92 Å². The van der Waals surface area contributed by atoms with Gasteiger partial charge in [-0.1, -0.05) is 0 Å². The van der Waals surface area contributed by atoms with E-state index in [9.17, 15) is 8.42 Å². The zero-order valence-electron chi connectivity index (χ0n) is 13.7. The number of likely N-dealkylation sites (N-methyl/N-ethyl adjacent to an activating group) is 1. The van der Waals surface area contributed by atoms with Crippen LogP contribution >= 0.6 is 0 Å². The van der Waals surface area contributed by atoms with Crippen LogP contribution in [0.25, 0.3) is 0 Å². The van der Waals surface area contributed by atoms with Gasteiger partial charge in [0.1, 0.15) is 18.1 Å². The number of benzene rings is 2. The van der Waals surface area contributed by atoms with Crippen LogP contribution in [0.2, 0.25) is 0 Å². The molecule has 3 rings (SSSR count). The SMILES string of the molecule is CCOc1ccc(S(=O)(=O)Nc2ccc3c(c2)OCCN3C)cc1. The molecule has 1 heterocycles. The van der Waals surface area contributed by atoms with E-state index in [-0.39, 0.29) is 4.90 Å². The first-order chi connectivity index (χ1) is 11.5. The van der Waals surface area contributed by atoms with E-state index in [0.29, 0.717) is 30.4 Å². The average molecular weight is 348 g/mol. The highest BCUT2D eigenvalue weighted by Crippen LogP contribution is 2.33. The second-order valence-corrected chi connectivity index (χ2v) is 7.14. The van der Waals surface area contributed by atoms with Gasteiger partial charge in [0.2, 0.25) is 0 Å². The lowest BCUT2D eigenvalue weighted by molar-refractivity contribution is 0.311. The number of hydrogen-bond donors (Lipinski definition) is 1. The molecule has 0 aromatic heterocycles. The minimum Gasteiger partial charge on any atom is -0.494 e. The zero-order chi connectivity index (χ0) is 17.2. The van der Waals surface area contributed by atoms with Crippen LogP contribution in [0.3, 0.4) is 0 Å². The molecule has 1 aliphatic rings. The number of nitrogens with one attached hydrogen (secondary N) is 1. The standard InChI is InChI=1S/C17H20N2O4S/c1-3-22-14-5-7-15(8-6-14)24(20,21)18-13-4-9-16-17(12-13)23-11-10-19(16)2/h4-9,12,18H,3,10-11H2,1-2H3. The van der Waals surface area contributed by atoms with E-state index in [1.54, 1.807) is 24.3 Å². The predicted molar refractivity (Wildman–Crippen MR) is 93.6 cm³/mol. The highest BCUT2D eigenvalue weighted by atomic mass is 32.2. The smallest absolute Gasteiger partial charge is 0.261 e. The van der Waals surface area contributed by atoms with Crippen LogP contribution in [-0.4, -0.2) is 35.2 Å². The summed E-state index contributed by atoms with van der Waals surface area (Å²) in [6, 6.07) is 11.6. The maximum absolute atomic E-state index is 12.5. The minimum atomic E-state index is -3.66. The molecule has 0 saturated heterocycles. The van der Waals surface area contributed by atoms with E-state index in [1.165, 1.54) is 12.1 Å². The van der Waals surface area contributed by atoms with Gasteiger partial charge in [-0.25, -0.2) is 8.42 Å². The Morgan fingerprint density at radius 3 is 2.67 bits per heavy atom. The monoisotopic (exact) mass is 348 g/mol. The summed E-state index contributed by atoms with van der Waals surface area (Å²) in [5, 5.41) is 0. The number of ether oxygens (including phenoxy) is 2. The van der Waals surface area contributed by atoms with Crippen molar-refractivity contribution in [3.05, 3.63) is 42.5 Å². The summed E-state index contributed by atoms with van der Waals surface area (Å²) < 4.78 is 38.5. The summed E-state index contributed by atoms with van der Waals surface area (Å²) in [5.74, 6) is 1.32. The van der Waals surface area contributed by atoms with E-state index < -0.39 is 10.0 Å². The highest BCUT2D eigenvalue weighted by Gasteiger charge is 2.18. The number of nitrogens with zero attached hydrogens (tertiary/aromatic N) is 1. The van der Waals surface area contributed by atoms with Crippen LogP contribution in [0.15, 0.2) is 47.4 Å².